The number of anilines is 1. The van der Waals surface area contributed by atoms with E-state index < -0.39 is 12.0 Å². The van der Waals surface area contributed by atoms with E-state index >= 15 is 0 Å². The Labute approximate surface area is 115 Å². The summed E-state index contributed by atoms with van der Waals surface area (Å²) in [6.07, 6.45) is 1.50. The molecule has 0 aromatic carbocycles. The second kappa shape index (κ2) is 7.75. The normalized spacial score (nSPS) is 11.9. The van der Waals surface area contributed by atoms with Crippen LogP contribution in [0, 0.1) is 5.92 Å². The van der Waals surface area contributed by atoms with E-state index in [0.717, 1.165) is 17.8 Å². The number of hydrogen-bond donors (Lipinski definition) is 4. The van der Waals surface area contributed by atoms with Crippen LogP contribution in [0.1, 0.15) is 30.1 Å². The minimum Gasteiger partial charge on any atom is -0.478 e. The monoisotopic (exact) mass is 286 g/mol. The van der Waals surface area contributed by atoms with Gasteiger partial charge in [0.25, 0.3) is 0 Å². The summed E-state index contributed by atoms with van der Waals surface area (Å²) in [5.74, 6) is -0.846. The van der Waals surface area contributed by atoms with Gasteiger partial charge in [-0.3, -0.25) is 5.32 Å². The molecule has 6 nitrogen and oxygen atoms in total. The number of nitrogens with one attached hydrogen (secondary N) is 2. The first-order chi connectivity index (χ1) is 9.08. The molecule has 1 unspecified atom stereocenters. The Hall–Kier alpha value is -1.60. The van der Waals surface area contributed by atoms with Gasteiger partial charge in [0.15, 0.2) is 0 Å². The second-order valence-electron chi connectivity index (χ2n) is 4.09. The number of carboxylic acid groups (broad SMARTS) is 1. The highest BCUT2D eigenvalue weighted by atomic mass is 32.1. The predicted octanol–water partition coefficient (Wildman–Crippen LogP) is 1.98. The molecule has 0 saturated carbocycles. The van der Waals surface area contributed by atoms with Crippen LogP contribution < -0.4 is 10.6 Å². The molecule has 1 rings (SSSR count). The zero-order chi connectivity index (χ0) is 14.3. The maximum absolute atomic E-state index is 11.6. The number of rotatable bonds is 7. The molecular weight excluding hydrogens is 268 g/mol. The van der Waals surface area contributed by atoms with Gasteiger partial charge in [0.05, 0.1) is 5.56 Å². The van der Waals surface area contributed by atoms with Crippen LogP contribution in [0.15, 0.2) is 11.4 Å². The lowest BCUT2D eigenvalue weighted by Crippen LogP contribution is -2.33. The third-order valence-corrected chi connectivity index (χ3v) is 3.62. The van der Waals surface area contributed by atoms with Crippen LogP contribution in [0.5, 0.6) is 0 Å². The molecular formula is C12H18N2O4S. The number of aliphatic hydroxyl groups excluding tert-OH is 1. The molecule has 0 bridgehead atoms. The van der Waals surface area contributed by atoms with Gasteiger partial charge in [-0.1, -0.05) is 13.3 Å². The van der Waals surface area contributed by atoms with Crippen LogP contribution in [0.4, 0.5) is 9.80 Å². The third kappa shape index (κ3) is 4.88. The van der Waals surface area contributed by atoms with Crippen LogP contribution in [0.3, 0.4) is 0 Å². The van der Waals surface area contributed by atoms with Crippen molar-refractivity contribution in [1.82, 2.24) is 5.32 Å². The third-order valence-electron chi connectivity index (χ3n) is 2.79. The van der Waals surface area contributed by atoms with Crippen LogP contribution >= 0.6 is 11.3 Å². The standard InChI is InChI=1S/C12H18N2O4S/c1-2-8(3-5-15)7-13-12(18)14-10-9(11(16)17)4-6-19-10/h4,6,8,15H,2-3,5,7H2,1H3,(H,16,17)(H2,13,14,18). The number of urea groups is 1. The number of carbonyl (C=O) groups is 2. The molecule has 0 aliphatic rings. The van der Waals surface area contributed by atoms with Gasteiger partial charge >= 0.3 is 12.0 Å². The van der Waals surface area contributed by atoms with Crippen molar-refractivity contribution in [2.24, 2.45) is 5.92 Å². The molecule has 0 radical (unpaired) electrons. The number of amides is 2. The van der Waals surface area contributed by atoms with Crippen molar-refractivity contribution < 1.29 is 19.8 Å². The van der Waals surface area contributed by atoms with Crippen molar-refractivity contribution in [2.75, 3.05) is 18.5 Å². The van der Waals surface area contributed by atoms with E-state index in [0.29, 0.717) is 18.0 Å². The molecule has 7 heteroatoms. The average molecular weight is 286 g/mol. The summed E-state index contributed by atoms with van der Waals surface area (Å²) in [5.41, 5.74) is 0.0857. The molecule has 0 aliphatic carbocycles. The SMILES string of the molecule is CCC(CCO)CNC(=O)Nc1sccc1C(=O)O. The first-order valence-electron chi connectivity index (χ1n) is 6.05. The van der Waals surface area contributed by atoms with Gasteiger partial charge in [0.1, 0.15) is 5.00 Å². The number of thiophene rings is 1. The van der Waals surface area contributed by atoms with Crippen LogP contribution in [0.2, 0.25) is 0 Å². The van der Waals surface area contributed by atoms with Crippen LogP contribution in [-0.4, -0.2) is 35.4 Å². The fourth-order valence-electron chi connectivity index (χ4n) is 1.59. The number of aromatic carboxylic acids is 1. The minimum atomic E-state index is -1.07. The predicted molar refractivity (Wildman–Crippen MR) is 73.8 cm³/mol. The van der Waals surface area contributed by atoms with E-state index in [2.05, 4.69) is 10.6 Å². The first kappa shape index (κ1) is 15.5. The average Bonchev–Trinajstić information content (AvgIpc) is 2.82. The summed E-state index contributed by atoms with van der Waals surface area (Å²) in [4.78, 5) is 22.5. The van der Waals surface area contributed by atoms with Gasteiger partial charge < -0.3 is 15.5 Å². The highest BCUT2D eigenvalue weighted by Crippen LogP contribution is 2.22. The van der Waals surface area contributed by atoms with E-state index in [1.54, 1.807) is 5.38 Å². The summed E-state index contributed by atoms with van der Waals surface area (Å²) in [7, 11) is 0. The fourth-order valence-corrected chi connectivity index (χ4v) is 2.37. The van der Waals surface area contributed by atoms with Gasteiger partial charge in [-0.2, -0.15) is 0 Å². The Kier molecular flexibility index (Phi) is 6.31. The lowest BCUT2D eigenvalue weighted by molar-refractivity contribution is 0.0698. The maximum atomic E-state index is 11.6. The lowest BCUT2D eigenvalue weighted by Gasteiger charge is -2.14. The van der Waals surface area contributed by atoms with E-state index in [9.17, 15) is 9.59 Å². The number of carbonyl (C=O) groups excluding carboxylic acids is 1. The molecule has 4 N–H and O–H groups in total. The topological polar surface area (TPSA) is 98.7 Å². The summed E-state index contributed by atoms with van der Waals surface area (Å²) >= 11 is 1.16. The second-order valence-corrected chi connectivity index (χ2v) is 5.01. The van der Waals surface area contributed by atoms with Crippen molar-refractivity contribution in [3.8, 4) is 0 Å². The highest BCUT2D eigenvalue weighted by molar-refractivity contribution is 7.14. The zero-order valence-electron chi connectivity index (χ0n) is 10.7. The molecule has 1 heterocycles. The lowest BCUT2D eigenvalue weighted by atomic mass is 10.0. The highest BCUT2D eigenvalue weighted by Gasteiger charge is 2.14. The minimum absolute atomic E-state index is 0.0857. The smallest absolute Gasteiger partial charge is 0.338 e. The molecule has 1 aromatic heterocycles. The van der Waals surface area contributed by atoms with Gasteiger partial charge in [-0.25, -0.2) is 9.59 Å². The zero-order valence-corrected chi connectivity index (χ0v) is 11.5. The van der Waals surface area contributed by atoms with Gasteiger partial charge in [-0.15, -0.1) is 11.3 Å². The molecule has 0 spiro atoms. The van der Waals surface area contributed by atoms with Crippen LogP contribution in [-0.2, 0) is 0 Å². The molecule has 1 atom stereocenters. The van der Waals surface area contributed by atoms with Crippen molar-refractivity contribution >= 4 is 28.3 Å². The summed E-state index contributed by atoms with van der Waals surface area (Å²) in [5, 5.41) is 24.9. The van der Waals surface area contributed by atoms with Gasteiger partial charge in [0.2, 0.25) is 0 Å². The Morgan fingerprint density at radius 2 is 2.21 bits per heavy atom. The Morgan fingerprint density at radius 1 is 1.47 bits per heavy atom. The van der Waals surface area contributed by atoms with Crippen molar-refractivity contribution in [3.05, 3.63) is 17.0 Å². The van der Waals surface area contributed by atoms with Gasteiger partial charge in [0, 0.05) is 13.2 Å². The number of aliphatic hydroxyl groups is 1. The van der Waals surface area contributed by atoms with Crippen LogP contribution in [0.25, 0.3) is 0 Å². The Bertz CT molecular complexity index is 433. The first-order valence-corrected chi connectivity index (χ1v) is 6.92. The van der Waals surface area contributed by atoms with Gasteiger partial charge in [-0.05, 0) is 23.8 Å². The molecule has 19 heavy (non-hydrogen) atoms. The number of hydrogen-bond acceptors (Lipinski definition) is 4. The van der Waals surface area contributed by atoms with Crippen molar-refractivity contribution in [1.29, 1.82) is 0 Å². The molecule has 0 aliphatic heterocycles. The van der Waals surface area contributed by atoms with E-state index in [1.165, 1.54) is 6.07 Å². The number of carboxylic acids is 1. The van der Waals surface area contributed by atoms with Crippen molar-refractivity contribution in [2.45, 2.75) is 19.8 Å². The quantitative estimate of drug-likeness (QED) is 0.616. The van der Waals surface area contributed by atoms with E-state index in [4.69, 9.17) is 10.2 Å². The fraction of sp³-hybridized carbons (Fsp3) is 0.500. The molecule has 106 valence electrons. The molecule has 0 fully saturated rings. The van der Waals surface area contributed by atoms with E-state index in [1.807, 2.05) is 6.92 Å². The summed E-state index contributed by atoms with van der Waals surface area (Å²) in [6.45, 7) is 2.54. The summed E-state index contributed by atoms with van der Waals surface area (Å²) in [6, 6.07) is 1.02. The largest absolute Gasteiger partial charge is 0.478 e. The molecule has 0 saturated heterocycles. The molecule has 1 aromatic rings. The Morgan fingerprint density at radius 3 is 2.79 bits per heavy atom. The summed E-state index contributed by atoms with van der Waals surface area (Å²) < 4.78 is 0. The maximum Gasteiger partial charge on any atom is 0.338 e. The Balaban J connectivity index is 2.47. The molecule has 2 amide bonds. The van der Waals surface area contributed by atoms with Crippen molar-refractivity contribution in [3.63, 3.8) is 0 Å². The van der Waals surface area contributed by atoms with E-state index in [-0.39, 0.29) is 18.1 Å².